The highest BCUT2D eigenvalue weighted by Gasteiger charge is 2.35. The molecule has 2 saturated heterocycles. The van der Waals surface area contributed by atoms with Gasteiger partial charge in [-0.25, -0.2) is 4.98 Å². The standard InChI is InChI=1S/C17H28N4O2/c1-12-9-19(11-17-18-13(2)14(3)23-17)10-16(12)21-7-5-20(6-8-21)15(4)22/h12,16H,5-11H2,1-4H3/t12-,16+/m0/s1. The Bertz CT molecular complexity index is 543. The summed E-state index contributed by atoms with van der Waals surface area (Å²) in [5.41, 5.74) is 0.990. The van der Waals surface area contributed by atoms with Crippen LogP contribution in [0.15, 0.2) is 4.42 Å². The van der Waals surface area contributed by atoms with Crippen LogP contribution < -0.4 is 0 Å². The van der Waals surface area contributed by atoms with Crippen LogP contribution in [0.3, 0.4) is 0 Å². The number of hydrogen-bond acceptors (Lipinski definition) is 5. The van der Waals surface area contributed by atoms with Crippen LogP contribution in [0.25, 0.3) is 0 Å². The quantitative estimate of drug-likeness (QED) is 0.840. The summed E-state index contributed by atoms with van der Waals surface area (Å²) in [6.07, 6.45) is 0. The number of carbonyl (C=O) groups excluding carboxylic acids is 1. The largest absolute Gasteiger partial charge is 0.444 e. The van der Waals surface area contributed by atoms with Crippen LogP contribution in [0, 0.1) is 19.8 Å². The van der Waals surface area contributed by atoms with E-state index in [1.807, 2.05) is 18.7 Å². The number of likely N-dealkylation sites (tertiary alicyclic amines) is 1. The van der Waals surface area contributed by atoms with Crippen LogP contribution in [-0.2, 0) is 11.3 Å². The fraction of sp³-hybridized carbons (Fsp3) is 0.765. The highest BCUT2D eigenvalue weighted by Crippen LogP contribution is 2.24. The minimum absolute atomic E-state index is 0.195. The van der Waals surface area contributed by atoms with Gasteiger partial charge in [0.1, 0.15) is 5.76 Å². The zero-order valence-corrected chi connectivity index (χ0v) is 14.7. The minimum Gasteiger partial charge on any atom is -0.444 e. The highest BCUT2D eigenvalue weighted by molar-refractivity contribution is 5.73. The lowest BCUT2D eigenvalue weighted by Gasteiger charge is -2.39. The van der Waals surface area contributed by atoms with Gasteiger partial charge in [-0.15, -0.1) is 0 Å². The molecule has 6 heteroatoms. The van der Waals surface area contributed by atoms with Crippen LogP contribution in [0.2, 0.25) is 0 Å². The molecule has 1 aromatic rings. The molecule has 2 atom stereocenters. The molecule has 3 heterocycles. The average molecular weight is 320 g/mol. The molecule has 0 N–H and O–H groups in total. The predicted molar refractivity (Wildman–Crippen MR) is 88.0 cm³/mol. The van der Waals surface area contributed by atoms with Crippen molar-refractivity contribution in [3.63, 3.8) is 0 Å². The van der Waals surface area contributed by atoms with Gasteiger partial charge in [0.05, 0.1) is 12.2 Å². The van der Waals surface area contributed by atoms with E-state index in [1.165, 1.54) is 0 Å². The molecule has 23 heavy (non-hydrogen) atoms. The molecule has 2 fully saturated rings. The maximum Gasteiger partial charge on any atom is 0.219 e. The Morgan fingerprint density at radius 1 is 1.22 bits per heavy atom. The lowest BCUT2D eigenvalue weighted by atomic mass is 10.0. The van der Waals surface area contributed by atoms with Crippen LogP contribution >= 0.6 is 0 Å². The van der Waals surface area contributed by atoms with E-state index < -0.39 is 0 Å². The van der Waals surface area contributed by atoms with Gasteiger partial charge in [-0.3, -0.25) is 14.6 Å². The Hall–Kier alpha value is -1.40. The molecule has 0 aromatic carbocycles. The summed E-state index contributed by atoms with van der Waals surface area (Å²) in [4.78, 5) is 22.9. The van der Waals surface area contributed by atoms with Crippen molar-refractivity contribution < 1.29 is 9.21 Å². The molecule has 3 rings (SSSR count). The van der Waals surface area contributed by atoms with Crippen LogP contribution in [-0.4, -0.2) is 70.9 Å². The average Bonchev–Trinajstić information content (AvgIpc) is 3.02. The molecule has 0 aliphatic carbocycles. The maximum atomic E-state index is 11.5. The minimum atomic E-state index is 0.195. The van der Waals surface area contributed by atoms with Gasteiger partial charge >= 0.3 is 0 Å². The third kappa shape index (κ3) is 3.58. The van der Waals surface area contributed by atoms with E-state index in [-0.39, 0.29) is 5.91 Å². The van der Waals surface area contributed by atoms with Gasteiger partial charge in [0, 0.05) is 52.2 Å². The van der Waals surface area contributed by atoms with E-state index in [0.29, 0.717) is 12.0 Å². The van der Waals surface area contributed by atoms with E-state index in [9.17, 15) is 4.79 Å². The molecule has 2 aliphatic rings. The molecular weight excluding hydrogens is 292 g/mol. The highest BCUT2D eigenvalue weighted by atomic mass is 16.4. The van der Waals surface area contributed by atoms with Crippen LogP contribution in [0.1, 0.15) is 31.2 Å². The second-order valence-electron chi connectivity index (χ2n) is 7.03. The number of hydrogen-bond donors (Lipinski definition) is 0. The molecule has 1 aromatic heterocycles. The van der Waals surface area contributed by atoms with Crippen molar-refractivity contribution in [3.05, 3.63) is 17.3 Å². The van der Waals surface area contributed by atoms with Crippen LogP contribution in [0.5, 0.6) is 0 Å². The number of amides is 1. The van der Waals surface area contributed by atoms with E-state index in [4.69, 9.17) is 4.42 Å². The molecular formula is C17H28N4O2. The molecule has 6 nitrogen and oxygen atoms in total. The number of rotatable bonds is 3. The lowest BCUT2D eigenvalue weighted by molar-refractivity contribution is -0.130. The SMILES string of the molecule is CC(=O)N1CCN([C@@H]2CN(Cc3nc(C)c(C)o3)C[C@@H]2C)CC1. The van der Waals surface area contributed by atoms with E-state index >= 15 is 0 Å². The fourth-order valence-corrected chi connectivity index (χ4v) is 3.82. The molecule has 128 valence electrons. The van der Waals surface area contributed by atoms with Crippen molar-refractivity contribution >= 4 is 5.91 Å². The number of aryl methyl sites for hydroxylation is 2. The first-order valence-electron chi connectivity index (χ1n) is 8.59. The lowest BCUT2D eigenvalue weighted by Crippen LogP contribution is -2.53. The zero-order chi connectivity index (χ0) is 16.6. The van der Waals surface area contributed by atoms with E-state index in [2.05, 4.69) is 21.7 Å². The molecule has 0 radical (unpaired) electrons. The van der Waals surface area contributed by atoms with E-state index in [0.717, 1.165) is 63.2 Å². The fourth-order valence-electron chi connectivity index (χ4n) is 3.82. The number of nitrogens with zero attached hydrogens (tertiary/aromatic N) is 4. The number of piperazine rings is 1. The molecule has 0 saturated carbocycles. The van der Waals surface area contributed by atoms with E-state index in [1.54, 1.807) is 6.92 Å². The molecule has 0 bridgehead atoms. The van der Waals surface area contributed by atoms with Crippen molar-refractivity contribution in [1.82, 2.24) is 19.7 Å². The molecule has 1 amide bonds. The zero-order valence-electron chi connectivity index (χ0n) is 14.7. The van der Waals surface area contributed by atoms with Gasteiger partial charge in [0.15, 0.2) is 0 Å². The van der Waals surface area contributed by atoms with Crippen molar-refractivity contribution in [2.24, 2.45) is 5.92 Å². The van der Waals surface area contributed by atoms with Crippen LogP contribution in [0.4, 0.5) is 0 Å². The molecule has 0 spiro atoms. The summed E-state index contributed by atoms with van der Waals surface area (Å²) in [7, 11) is 0. The first-order chi connectivity index (χ1) is 10.9. The molecule has 2 aliphatic heterocycles. The second-order valence-corrected chi connectivity index (χ2v) is 7.03. The van der Waals surface area contributed by atoms with Crippen molar-refractivity contribution in [1.29, 1.82) is 0 Å². The summed E-state index contributed by atoms with van der Waals surface area (Å²) in [6, 6.07) is 0.571. The maximum absolute atomic E-state index is 11.5. The van der Waals surface area contributed by atoms with Crippen molar-refractivity contribution in [3.8, 4) is 0 Å². The number of aromatic nitrogens is 1. The Kier molecular flexibility index (Phi) is 4.73. The number of oxazole rings is 1. The van der Waals surface area contributed by atoms with Gasteiger partial charge in [-0.1, -0.05) is 6.92 Å². The first-order valence-corrected chi connectivity index (χ1v) is 8.59. The van der Waals surface area contributed by atoms with Gasteiger partial charge in [0.25, 0.3) is 0 Å². The third-order valence-corrected chi connectivity index (χ3v) is 5.31. The normalized spacial score (nSPS) is 26.9. The molecule has 0 unspecified atom stereocenters. The Labute approximate surface area is 138 Å². The van der Waals surface area contributed by atoms with Gasteiger partial charge in [0.2, 0.25) is 11.8 Å². The Morgan fingerprint density at radius 3 is 2.48 bits per heavy atom. The van der Waals surface area contributed by atoms with Gasteiger partial charge in [-0.05, 0) is 19.8 Å². The van der Waals surface area contributed by atoms with Gasteiger partial charge in [-0.2, -0.15) is 0 Å². The third-order valence-electron chi connectivity index (χ3n) is 5.31. The first kappa shape index (κ1) is 16.5. The summed E-state index contributed by atoms with van der Waals surface area (Å²) in [6.45, 7) is 14.6. The second kappa shape index (κ2) is 6.61. The summed E-state index contributed by atoms with van der Waals surface area (Å²) in [5.74, 6) is 2.58. The summed E-state index contributed by atoms with van der Waals surface area (Å²) >= 11 is 0. The topological polar surface area (TPSA) is 52.8 Å². The Morgan fingerprint density at radius 2 is 1.91 bits per heavy atom. The van der Waals surface area contributed by atoms with Crippen molar-refractivity contribution in [2.45, 2.75) is 40.3 Å². The Balaban J connectivity index is 1.55. The van der Waals surface area contributed by atoms with Crippen molar-refractivity contribution in [2.75, 3.05) is 39.3 Å². The summed E-state index contributed by atoms with van der Waals surface area (Å²) < 4.78 is 5.72. The number of carbonyl (C=O) groups is 1. The monoisotopic (exact) mass is 320 g/mol. The smallest absolute Gasteiger partial charge is 0.219 e. The van der Waals surface area contributed by atoms with Gasteiger partial charge < -0.3 is 9.32 Å². The predicted octanol–water partition coefficient (Wildman–Crippen LogP) is 1.28. The summed E-state index contributed by atoms with van der Waals surface area (Å²) in [5, 5.41) is 0.